The summed E-state index contributed by atoms with van der Waals surface area (Å²) in [6, 6.07) is 6.96. The normalized spacial score (nSPS) is 11.5. The summed E-state index contributed by atoms with van der Waals surface area (Å²) in [5.41, 5.74) is 2.30. The van der Waals surface area contributed by atoms with Gasteiger partial charge >= 0.3 is 0 Å². The zero-order valence-corrected chi connectivity index (χ0v) is 11.5. The Hall–Kier alpha value is -1.86. The molecule has 0 bridgehead atoms. The third-order valence-electron chi connectivity index (χ3n) is 2.75. The van der Waals surface area contributed by atoms with Crippen LogP contribution in [-0.4, -0.2) is 23.7 Å². The van der Waals surface area contributed by atoms with Crippen LogP contribution in [0.4, 0.5) is 5.69 Å². The van der Waals surface area contributed by atoms with E-state index in [1.54, 1.807) is 31.2 Å². The van der Waals surface area contributed by atoms with E-state index < -0.39 is 10.0 Å². The molecule has 0 atom stereocenters. The fourth-order valence-electron chi connectivity index (χ4n) is 1.66. The highest BCUT2D eigenvalue weighted by Crippen LogP contribution is 2.20. The van der Waals surface area contributed by atoms with Crippen LogP contribution in [0.1, 0.15) is 16.8 Å². The van der Waals surface area contributed by atoms with Crippen molar-refractivity contribution in [2.24, 2.45) is 0 Å². The fraction of sp³-hybridized carbons (Fsp3) is 0.250. The number of aromatic nitrogens is 2. The maximum absolute atomic E-state index is 12.2. The minimum absolute atomic E-state index is 0.173. The van der Waals surface area contributed by atoms with Crippen LogP contribution in [0.3, 0.4) is 0 Å². The van der Waals surface area contributed by atoms with E-state index >= 15 is 0 Å². The van der Waals surface area contributed by atoms with Crippen molar-refractivity contribution in [3.63, 3.8) is 0 Å². The van der Waals surface area contributed by atoms with Crippen molar-refractivity contribution < 1.29 is 13.5 Å². The monoisotopic (exact) mass is 281 g/mol. The zero-order valence-electron chi connectivity index (χ0n) is 10.6. The lowest BCUT2D eigenvalue weighted by Crippen LogP contribution is -2.15. The second-order valence-electron chi connectivity index (χ2n) is 4.26. The number of aromatic amines is 1. The molecule has 3 N–H and O–H groups in total. The van der Waals surface area contributed by atoms with Gasteiger partial charge < -0.3 is 5.11 Å². The highest BCUT2D eigenvalue weighted by molar-refractivity contribution is 7.92. The van der Waals surface area contributed by atoms with Crippen LogP contribution in [0.5, 0.6) is 0 Å². The number of aliphatic hydroxyl groups is 1. The molecule has 0 spiro atoms. The number of aryl methyl sites for hydroxylation is 2. The Morgan fingerprint density at radius 3 is 2.47 bits per heavy atom. The lowest BCUT2D eigenvalue weighted by atomic mass is 10.2. The molecule has 0 amide bonds. The Morgan fingerprint density at radius 2 is 1.89 bits per heavy atom. The summed E-state index contributed by atoms with van der Waals surface area (Å²) >= 11 is 0. The largest absolute Gasteiger partial charge is 0.392 e. The number of rotatable bonds is 4. The predicted molar refractivity (Wildman–Crippen MR) is 71.2 cm³/mol. The van der Waals surface area contributed by atoms with Crippen LogP contribution < -0.4 is 4.72 Å². The van der Waals surface area contributed by atoms with E-state index in [4.69, 9.17) is 0 Å². The maximum Gasteiger partial charge on any atom is 0.281 e. The molecule has 6 nitrogen and oxygen atoms in total. The van der Waals surface area contributed by atoms with Gasteiger partial charge in [-0.25, -0.2) is 0 Å². The van der Waals surface area contributed by atoms with Crippen LogP contribution in [-0.2, 0) is 16.6 Å². The molecular formula is C12H15N3O3S. The summed E-state index contributed by atoms with van der Waals surface area (Å²) in [7, 11) is -3.80. The molecule has 0 saturated carbocycles. The molecule has 2 aromatic rings. The molecule has 0 aliphatic carbocycles. The second-order valence-corrected chi connectivity index (χ2v) is 5.86. The van der Waals surface area contributed by atoms with Gasteiger partial charge in [-0.3, -0.25) is 9.82 Å². The maximum atomic E-state index is 12.2. The first-order valence-corrected chi connectivity index (χ1v) is 7.16. The molecule has 0 aliphatic heterocycles. The molecule has 7 heteroatoms. The molecular weight excluding hydrogens is 266 g/mol. The number of anilines is 1. The summed E-state index contributed by atoms with van der Waals surface area (Å²) in [6.45, 7) is 3.19. The summed E-state index contributed by atoms with van der Waals surface area (Å²) < 4.78 is 26.8. The molecule has 1 heterocycles. The summed E-state index contributed by atoms with van der Waals surface area (Å²) in [6.07, 6.45) is 0. The number of sulfonamides is 1. The third-order valence-corrected chi connectivity index (χ3v) is 4.10. The standard InChI is InChI=1S/C12H15N3O3S/c1-8-3-5-10(6-4-8)15-19(17,18)12-11(7-16)9(2)13-14-12/h3-6,15-16H,7H2,1-2H3,(H,13,14). The minimum atomic E-state index is -3.80. The van der Waals surface area contributed by atoms with Gasteiger partial charge in [0, 0.05) is 16.9 Å². The van der Waals surface area contributed by atoms with E-state index in [-0.39, 0.29) is 17.2 Å². The third kappa shape index (κ3) is 2.77. The molecule has 0 unspecified atom stereocenters. The van der Waals surface area contributed by atoms with Gasteiger partial charge in [-0.15, -0.1) is 0 Å². The van der Waals surface area contributed by atoms with E-state index in [1.807, 2.05) is 6.92 Å². The van der Waals surface area contributed by atoms with Gasteiger partial charge in [0.15, 0.2) is 0 Å². The molecule has 2 rings (SSSR count). The lowest BCUT2D eigenvalue weighted by Gasteiger charge is -2.07. The molecule has 0 saturated heterocycles. The molecule has 102 valence electrons. The molecule has 1 aromatic carbocycles. The first kappa shape index (κ1) is 13.6. The first-order chi connectivity index (χ1) is 8.94. The van der Waals surface area contributed by atoms with Crippen molar-refractivity contribution in [1.29, 1.82) is 0 Å². The number of hydrogen-bond donors (Lipinski definition) is 3. The van der Waals surface area contributed by atoms with E-state index in [1.165, 1.54) is 0 Å². The van der Waals surface area contributed by atoms with Gasteiger partial charge in [0.05, 0.1) is 6.61 Å². The van der Waals surface area contributed by atoms with E-state index in [0.717, 1.165) is 5.56 Å². The van der Waals surface area contributed by atoms with E-state index in [2.05, 4.69) is 14.9 Å². The Morgan fingerprint density at radius 1 is 1.26 bits per heavy atom. The second kappa shape index (κ2) is 5.02. The van der Waals surface area contributed by atoms with E-state index in [0.29, 0.717) is 11.4 Å². The van der Waals surface area contributed by atoms with Crippen molar-refractivity contribution in [1.82, 2.24) is 10.2 Å². The highest BCUT2D eigenvalue weighted by atomic mass is 32.2. The zero-order chi connectivity index (χ0) is 14.0. The van der Waals surface area contributed by atoms with Gasteiger partial charge in [-0.1, -0.05) is 17.7 Å². The van der Waals surface area contributed by atoms with E-state index in [9.17, 15) is 13.5 Å². The predicted octanol–water partition coefficient (Wildman–Crippen LogP) is 1.32. The van der Waals surface area contributed by atoms with Gasteiger partial charge in [-0.2, -0.15) is 13.5 Å². The number of nitrogens with one attached hydrogen (secondary N) is 2. The minimum Gasteiger partial charge on any atom is -0.392 e. The van der Waals surface area contributed by atoms with Crippen LogP contribution in [0, 0.1) is 13.8 Å². The molecule has 0 radical (unpaired) electrons. The Balaban J connectivity index is 2.35. The van der Waals surface area contributed by atoms with Crippen LogP contribution in [0.15, 0.2) is 29.3 Å². The number of nitrogens with zero attached hydrogens (tertiary/aromatic N) is 1. The Labute approximate surface area is 111 Å². The first-order valence-electron chi connectivity index (χ1n) is 5.68. The summed E-state index contributed by atoms with van der Waals surface area (Å²) in [5.74, 6) is 0. The van der Waals surface area contributed by atoms with Gasteiger partial charge in [0.1, 0.15) is 0 Å². The van der Waals surface area contributed by atoms with Crippen LogP contribution in [0.2, 0.25) is 0 Å². The molecule has 0 aliphatic rings. The topological polar surface area (TPSA) is 95.1 Å². The van der Waals surface area contributed by atoms with Gasteiger partial charge in [-0.05, 0) is 26.0 Å². The number of hydrogen-bond acceptors (Lipinski definition) is 4. The number of H-pyrrole nitrogens is 1. The average molecular weight is 281 g/mol. The number of benzene rings is 1. The Kier molecular flexibility index (Phi) is 3.59. The molecule has 1 aromatic heterocycles. The number of aliphatic hydroxyl groups excluding tert-OH is 1. The smallest absolute Gasteiger partial charge is 0.281 e. The van der Waals surface area contributed by atoms with Gasteiger partial charge in [0.2, 0.25) is 5.03 Å². The molecule has 0 fully saturated rings. The quantitative estimate of drug-likeness (QED) is 0.787. The SMILES string of the molecule is Cc1ccc(NS(=O)(=O)c2n[nH]c(C)c2CO)cc1. The van der Waals surface area contributed by atoms with Gasteiger partial charge in [0.25, 0.3) is 10.0 Å². The van der Waals surface area contributed by atoms with Crippen molar-refractivity contribution in [3.05, 3.63) is 41.1 Å². The van der Waals surface area contributed by atoms with Crippen LogP contribution >= 0.6 is 0 Å². The molecule has 19 heavy (non-hydrogen) atoms. The fourth-order valence-corrected chi connectivity index (χ4v) is 2.91. The summed E-state index contributed by atoms with van der Waals surface area (Å²) in [5, 5.41) is 15.3. The average Bonchev–Trinajstić information content (AvgIpc) is 2.74. The van der Waals surface area contributed by atoms with Crippen molar-refractivity contribution >= 4 is 15.7 Å². The summed E-state index contributed by atoms with van der Waals surface area (Å²) in [4.78, 5) is 0. The lowest BCUT2D eigenvalue weighted by molar-refractivity contribution is 0.277. The highest BCUT2D eigenvalue weighted by Gasteiger charge is 2.23. The van der Waals surface area contributed by atoms with Crippen molar-refractivity contribution in [2.45, 2.75) is 25.5 Å². The Bertz CT molecular complexity index is 675. The van der Waals surface area contributed by atoms with Crippen LogP contribution in [0.25, 0.3) is 0 Å². The van der Waals surface area contributed by atoms with Crippen molar-refractivity contribution in [2.75, 3.05) is 4.72 Å². The van der Waals surface area contributed by atoms with Crippen molar-refractivity contribution in [3.8, 4) is 0 Å².